The first-order valence-electron chi connectivity index (χ1n) is 8.65. The van der Waals surface area contributed by atoms with Crippen molar-refractivity contribution in [1.29, 1.82) is 0 Å². The Morgan fingerprint density at radius 1 is 1.17 bits per heavy atom. The van der Waals surface area contributed by atoms with Crippen LogP contribution in [0, 0.1) is 0 Å². The van der Waals surface area contributed by atoms with Crippen molar-refractivity contribution in [2.45, 2.75) is 26.7 Å². The van der Waals surface area contributed by atoms with E-state index < -0.39 is 11.8 Å². The highest BCUT2D eigenvalue weighted by atomic mass is 16.2. The Bertz CT molecular complexity index is 800. The van der Waals surface area contributed by atoms with E-state index in [1.165, 1.54) is 13.0 Å². The van der Waals surface area contributed by atoms with Crippen LogP contribution in [-0.4, -0.2) is 18.4 Å². The van der Waals surface area contributed by atoms with Crippen LogP contribution in [0.2, 0.25) is 2.82 Å². The molecule has 120 valence electrons. The fraction of sp³-hybridized carbons (Fsp3) is 0.263. The second-order valence-corrected chi connectivity index (χ2v) is 5.27. The van der Waals surface area contributed by atoms with Crippen LogP contribution < -0.4 is 10.6 Å². The van der Waals surface area contributed by atoms with Gasteiger partial charge in [-0.15, -0.1) is 0 Å². The van der Waals surface area contributed by atoms with Gasteiger partial charge in [-0.2, -0.15) is 0 Å². The van der Waals surface area contributed by atoms with E-state index in [0.717, 1.165) is 28.1 Å². The first-order chi connectivity index (χ1) is 12.0. The molecule has 2 aromatic rings. The van der Waals surface area contributed by atoms with Gasteiger partial charge in [0.05, 0.1) is 0 Å². The molecule has 2 rings (SSSR count). The van der Waals surface area contributed by atoms with Crippen molar-refractivity contribution in [3.05, 3.63) is 53.7 Å². The third-order valence-electron chi connectivity index (χ3n) is 3.38. The topological polar surface area (TPSA) is 58.2 Å². The standard InChI is InChI=1S/C19H22N2O2/c1-3-4-12-20-19(23)18(21-14(2)22)13-16-10-7-9-15-8-5-6-11-17(15)16/h5-11,13H,3-4,12H2,1-2H3,(H,20,23)(H,21,22)/b18-13-/i/hD2. The largest absolute Gasteiger partial charge is 0.351 e. The van der Waals surface area contributed by atoms with Crippen LogP contribution in [0.4, 0.5) is 0 Å². The average molecular weight is 312 g/mol. The SMILES string of the molecule is [2H]N(CCCC)C(=O)/C(=C/c1cccc2ccccc12)N([2H])C(C)=O. The van der Waals surface area contributed by atoms with E-state index in [0.29, 0.717) is 11.7 Å². The van der Waals surface area contributed by atoms with E-state index in [1.807, 2.05) is 49.4 Å². The normalized spacial score (nSPS) is 12.5. The van der Waals surface area contributed by atoms with Crippen LogP contribution in [0.25, 0.3) is 16.8 Å². The summed E-state index contributed by atoms with van der Waals surface area (Å²) < 4.78 is 15.8. The number of carbonyl (C=O) groups excluding carboxylic acids is 2. The maximum absolute atomic E-state index is 12.6. The molecule has 0 saturated carbocycles. The highest BCUT2D eigenvalue weighted by Crippen LogP contribution is 2.20. The minimum atomic E-state index is -0.661. The molecular weight excluding hydrogens is 288 g/mol. The van der Waals surface area contributed by atoms with E-state index in [-0.39, 0.29) is 12.2 Å². The van der Waals surface area contributed by atoms with E-state index in [1.54, 1.807) is 0 Å². The fourth-order valence-electron chi connectivity index (χ4n) is 2.25. The lowest BCUT2D eigenvalue weighted by atomic mass is 10.0. The number of rotatable bonds is 6. The molecule has 0 fully saturated rings. The summed E-state index contributed by atoms with van der Waals surface area (Å²) in [4.78, 5) is 24.2. The molecule has 2 N–H and O–H groups in total. The molecule has 0 bridgehead atoms. The number of carbonyl (C=O) groups is 2. The number of amides is 2. The van der Waals surface area contributed by atoms with Gasteiger partial charge < -0.3 is 10.6 Å². The van der Waals surface area contributed by atoms with E-state index in [4.69, 9.17) is 2.82 Å². The molecule has 4 nitrogen and oxygen atoms in total. The summed E-state index contributed by atoms with van der Waals surface area (Å²) in [6.45, 7) is 3.45. The minimum Gasteiger partial charge on any atom is -0.351 e. The molecule has 0 aliphatic carbocycles. The first kappa shape index (κ1) is 14.0. The molecule has 2 amide bonds. The summed E-state index contributed by atoms with van der Waals surface area (Å²) in [5, 5.41) is 3.27. The number of hydrogen-bond acceptors (Lipinski definition) is 2. The lowest BCUT2D eigenvalue weighted by Gasteiger charge is -2.10. The van der Waals surface area contributed by atoms with Crippen LogP contribution >= 0.6 is 0 Å². The van der Waals surface area contributed by atoms with Crippen LogP contribution in [-0.2, 0) is 9.59 Å². The molecule has 0 atom stereocenters. The molecule has 0 spiro atoms. The van der Waals surface area contributed by atoms with Gasteiger partial charge in [-0.05, 0) is 28.8 Å². The molecule has 2 aromatic carbocycles. The van der Waals surface area contributed by atoms with Gasteiger partial charge in [-0.1, -0.05) is 55.8 Å². The lowest BCUT2D eigenvalue weighted by Crippen LogP contribution is -2.34. The highest BCUT2D eigenvalue weighted by Gasteiger charge is 2.11. The molecule has 23 heavy (non-hydrogen) atoms. The van der Waals surface area contributed by atoms with Crippen LogP contribution in [0.3, 0.4) is 0 Å². The molecule has 0 unspecified atom stereocenters. The summed E-state index contributed by atoms with van der Waals surface area (Å²) >= 11 is 0. The van der Waals surface area contributed by atoms with Gasteiger partial charge in [-0.25, -0.2) is 0 Å². The average Bonchev–Trinajstić information content (AvgIpc) is 2.63. The Morgan fingerprint density at radius 2 is 1.91 bits per heavy atom. The smallest absolute Gasteiger partial charge is 0.267 e. The molecule has 0 aromatic heterocycles. The van der Waals surface area contributed by atoms with Crippen LogP contribution in [0.1, 0.15) is 32.3 Å². The second-order valence-electron chi connectivity index (χ2n) is 5.27. The molecule has 0 heterocycles. The van der Waals surface area contributed by atoms with E-state index in [9.17, 15) is 9.59 Å². The van der Waals surface area contributed by atoms with Gasteiger partial charge in [0, 0.05) is 13.5 Å². The zero-order valence-corrected chi connectivity index (χ0v) is 13.5. The zero-order chi connectivity index (χ0) is 18.4. The number of benzene rings is 2. The summed E-state index contributed by atoms with van der Waals surface area (Å²) in [6.07, 6.45) is 3.05. The fourth-order valence-corrected chi connectivity index (χ4v) is 2.25. The van der Waals surface area contributed by atoms with Gasteiger partial charge in [0.1, 0.15) is 5.70 Å². The van der Waals surface area contributed by atoms with Crippen molar-refractivity contribution in [2.24, 2.45) is 0 Å². The maximum atomic E-state index is 12.6. The minimum absolute atomic E-state index is 0.130. The Morgan fingerprint density at radius 3 is 2.65 bits per heavy atom. The Balaban J connectivity index is 2.49. The predicted octanol–water partition coefficient (Wildman–Crippen LogP) is 3.23. The lowest BCUT2D eigenvalue weighted by molar-refractivity contribution is -0.122. The Kier molecular flexibility index (Phi) is 4.95. The van der Waals surface area contributed by atoms with Crippen LogP contribution in [0.5, 0.6) is 0 Å². The molecule has 0 radical (unpaired) electrons. The molecule has 0 saturated heterocycles. The number of hydrogen-bond donors (Lipinski definition) is 2. The van der Waals surface area contributed by atoms with Gasteiger partial charge >= 0.3 is 0 Å². The van der Waals surface area contributed by atoms with Crippen molar-refractivity contribution < 1.29 is 12.4 Å². The van der Waals surface area contributed by atoms with Gasteiger partial charge in [0.25, 0.3) is 5.91 Å². The number of unbranched alkanes of at least 4 members (excludes halogenated alkanes) is 1. The number of fused-ring (bicyclic) bond motifs is 1. The van der Waals surface area contributed by atoms with Gasteiger partial charge in [0.15, 0.2) is 2.82 Å². The predicted molar refractivity (Wildman–Crippen MR) is 93.7 cm³/mol. The van der Waals surface area contributed by atoms with Crippen molar-refractivity contribution in [1.82, 2.24) is 10.6 Å². The molecular formula is C19H22N2O2. The Labute approximate surface area is 139 Å². The summed E-state index contributed by atoms with van der Waals surface area (Å²) in [5.41, 5.74) is 0.596. The van der Waals surface area contributed by atoms with Gasteiger partial charge in [0.2, 0.25) is 5.91 Å². The van der Waals surface area contributed by atoms with Crippen LogP contribution in [0.15, 0.2) is 48.2 Å². The Hall–Kier alpha value is -2.62. The van der Waals surface area contributed by atoms with Crippen molar-refractivity contribution in [2.75, 3.05) is 6.54 Å². The van der Waals surface area contributed by atoms with Crippen molar-refractivity contribution in [3.63, 3.8) is 0 Å². The summed E-state index contributed by atoms with van der Waals surface area (Å²) in [6, 6.07) is 13.3. The molecule has 0 aliphatic rings. The van der Waals surface area contributed by atoms with E-state index >= 15 is 0 Å². The molecule has 4 heteroatoms. The zero-order valence-electron chi connectivity index (χ0n) is 15.5. The third kappa shape index (κ3) is 4.68. The van der Waals surface area contributed by atoms with Crippen molar-refractivity contribution in [3.8, 4) is 0 Å². The van der Waals surface area contributed by atoms with Crippen molar-refractivity contribution >= 4 is 28.7 Å². The molecule has 0 aliphatic heterocycles. The number of nitrogens with one attached hydrogen (secondary N) is 2. The highest BCUT2D eigenvalue weighted by molar-refractivity contribution is 6.03. The monoisotopic (exact) mass is 312 g/mol. The van der Waals surface area contributed by atoms with Gasteiger partial charge in [-0.3, -0.25) is 9.59 Å². The second kappa shape index (κ2) is 8.13. The summed E-state index contributed by atoms with van der Waals surface area (Å²) in [7, 11) is 0. The maximum Gasteiger partial charge on any atom is 0.267 e. The van der Waals surface area contributed by atoms with E-state index in [2.05, 4.69) is 0 Å². The third-order valence-corrected chi connectivity index (χ3v) is 3.38. The quantitative estimate of drug-likeness (QED) is 0.805. The first-order valence-corrected chi connectivity index (χ1v) is 7.75. The summed E-state index contributed by atoms with van der Waals surface area (Å²) in [5.74, 6) is -1.24.